The summed E-state index contributed by atoms with van der Waals surface area (Å²) in [4.78, 5) is 12.8. The molecule has 116 valence electrons. The highest BCUT2D eigenvalue weighted by atomic mass is 16.6. The zero-order valence-electron chi connectivity index (χ0n) is 12.6. The lowest BCUT2D eigenvalue weighted by Gasteiger charge is -2.32. The van der Waals surface area contributed by atoms with E-state index >= 15 is 0 Å². The minimum atomic E-state index is -0.362. The fourth-order valence-corrected chi connectivity index (χ4v) is 2.52. The average Bonchev–Trinajstić information content (AvgIpc) is 2.53. The van der Waals surface area contributed by atoms with Crippen molar-refractivity contribution in [3.8, 4) is 0 Å². The maximum atomic E-state index is 10.8. The first-order valence-corrected chi connectivity index (χ1v) is 7.42. The summed E-state index contributed by atoms with van der Waals surface area (Å²) in [5.74, 6) is 0. The highest BCUT2D eigenvalue weighted by Gasteiger charge is 2.20. The minimum absolute atomic E-state index is 0.0607. The number of nitro benzene ring substituents is 1. The molecule has 6 heteroatoms. The van der Waals surface area contributed by atoms with Gasteiger partial charge in [0.2, 0.25) is 0 Å². The summed E-state index contributed by atoms with van der Waals surface area (Å²) in [5.41, 5.74) is 1.06. The maximum absolute atomic E-state index is 10.8. The minimum Gasteiger partial charge on any atom is -0.374 e. The molecule has 0 amide bonds. The number of benzene rings is 1. The Morgan fingerprint density at radius 2 is 2.38 bits per heavy atom. The lowest BCUT2D eigenvalue weighted by molar-refractivity contribution is -0.384. The number of hydrogen-bond donors (Lipinski definition) is 1. The molecule has 1 heterocycles. The Balaban J connectivity index is 1.88. The molecule has 1 N–H and O–H groups in total. The van der Waals surface area contributed by atoms with Crippen LogP contribution in [0.5, 0.6) is 0 Å². The summed E-state index contributed by atoms with van der Waals surface area (Å²) in [6.07, 6.45) is 0.180. The van der Waals surface area contributed by atoms with E-state index in [0.717, 1.165) is 38.3 Å². The molecule has 0 saturated carbocycles. The normalized spacial score (nSPS) is 21.1. The topological polar surface area (TPSA) is 67.6 Å². The summed E-state index contributed by atoms with van der Waals surface area (Å²) >= 11 is 0. The largest absolute Gasteiger partial charge is 0.374 e. The Kier molecular flexibility index (Phi) is 5.67. The number of non-ortho nitro benzene ring substituents is 1. The molecule has 1 aromatic rings. The molecule has 1 saturated heterocycles. The SMILES string of the molecule is CCN1CCOC(CNC(C)c2cccc([N+](=O)[O-])c2)C1. The number of nitrogens with one attached hydrogen (secondary N) is 1. The predicted molar refractivity (Wildman–Crippen MR) is 81.4 cm³/mol. The van der Waals surface area contributed by atoms with Crippen molar-refractivity contribution in [2.24, 2.45) is 0 Å². The van der Waals surface area contributed by atoms with Crippen molar-refractivity contribution in [3.05, 3.63) is 39.9 Å². The molecule has 0 spiro atoms. The Labute approximate surface area is 125 Å². The second-order valence-corrected chi connectivity index (χ2v) is 5.37. The lowest BCUT2D eigenvalue weighted by atomic mass is 10.1. The van der Waals surface area contributed by atoms with Gasteiger partial charge in [-0.15, -0.1) is 0 Å². The zero-order chi connectivity index (χ0) is 15.2. The second-order valence-electron chi connectivity index (χ2n) is 5.37. The molecule has 21 heavy (non-hydrogen) atoms. The van der Waals surface area contributed by atoms with E-state index in [1.54, 1.807) is 12.1 Å². The maximum Gasteiger partial charge on any atom is 0.269 e. The highest BCUT2D eigenvalue weighted by molar-refractivity contribution is 5.35. The zero-order valence-corrected chi connectivity index (χ0v) is 12.6. The van der Waals surface area contributed by atoms with Crippen molar-refractivity contribution >= 4 is 5.69 Å². The molecule has 1 aliphatic heterocycles. The second kappa shape index (κ2) is 7.49. The summed E-state index contributed by atoms with van der Waals surface area (Å²) in [6, 6.07) is 6.83. The van der Waals surface area contributed by atoms with Crippen molar-refractivity contribution in [2.75, 3.05) is 32.8 Å². The van der Waals surface area contributed by atoms with E-state index < -0.39 is 0 Å². The first-order valence-electron chi connectivity index (χ1n) is 7.42. The molecular weight excluding hydrogens is 270 g/mol. The monoisotopic (exact) mass is 293 g/mol. The number of nitrogens with zero attached hydrogens (tertiary/aromatic N) is 2. The highest BCUT2D eigenvalue weighted by Crippen LogP contribution is 2.19. The van der Waals surface area contributed by atoms with Gasteiger partial charge in [-0.2, -0.15) is 0 Å². The number of likely N-dealkylation sites (N-methyl/N-ethyl adjacent to an activating group) is 1. The van der Waals surface area contributed by atoms with Crippen LogP contribution in [0.25, 0.3) is 0 Å². The van der Waals surface area contributed by atoms with Crippen molar-refractivity contribution < 1.29 is 9.66 Å². The van der Waals surface area contributed by atoms with Gasteiger partial charge in [-0.05, 0) is 19.0 Å². The number of hydrogen-bond acceptors (Lipinski definition) is 5. The molecule has 1 fully saturated rings. The van der Waals surface area contributed by atoms with Crippen LogP contribution in [0.2, 0.25) is 0 Å². The molecule has 2 rings (SSSR count). The van der Waals surface area contributed by atoms with Gasteiger partial charge in [-0.1, -0.05) is 19.1 Å². The standard InChI is InChI=1S/C15H23N3O3/c1-3-17-7-8-21-15(11-17)10-16-12(2)13-5-4-6-14(9-13)18(19)20/h4-6,9,12,15-16H,3,7-8,10-11H2,1-2H3. The molecule has 6 nitrogen and oxygen atoms in total. The first-order chi connectivity index (χ1) is 10.1. The van der Waals surface area contributed by atoms with Crippen molar-refractivity contribution in [1.29, 1.82) is 0 Å². The van der Waals surface area contributed by atoms with Crippen LogP contribution in [0, 0.1) is 10.1 Å². The third-order valence-electron chi connectivity index (χ3n) is 3.90. The summed E-state index contributed by atoms with van der Waals surface area (Å²) in [6.45, 7) is 8.66. The lowest BCUT2D eigenvalue weighted by Crippen LogP contribution is -2.46. The van der Waals surface area contributed by atoms with Crippen LogP contribution in [0.15, 0.2) is 24.3 Å². The molecule has 1 aliphatic rings. The molecule has 0 bridgehead atoms. The quantitative estimate of drug-likeness (QED) is 0.641. The Morgan fingerprint density at radius 1 is 1.57 bits per heavy atom. The summed E-state index contributed by atoms with van der Waals surface area (Å²) in [5, 5.41) is 14.2. The van der Waals surface area contributed by atoms with E-state index in [1.807, 2.05) is 13.0 Å². The van der Waals surface area contributed by atoms with Crippen molar-refractivity contribution in [1.82, 2.24) is 10.2 Å². The fraction of sp³-hybridized carbons (Fsp3) is 0.600. The van der Waals surface area contributed by atoms with Crippen LogP contribution in [0.3, 0.4) is 0 Å². The fourth-order valence-electron chi connectivity index (χ4n) is 2.52. The molecule has 2 unspecified atom stereocenters. The van der Waals surface area contributed by atoms with Crippen molar-refractivity contribution in [2.45, 2.75) is 26.0 Å². The Morgan fingerprint density at radius 3 is 3.10 bits per heavy atom. The molecule has 2 atom stereocenters. The van der Waals surface area contributed by atoms with Crippen LogP contribution >= 0.6 is 0 Å². The molecular formula is C15H23N3O3. The van der Waals surface area contributed by atoms with Gasteiger partial charge in [-0.25, -0.2) is 0 Å². The molecule has 0 aliphatic carbocycles. The van der Waals surface area contributed by atoms with Gasteiger partial charge >= 0.3 is 0 Å². The third-order valence-corrected chi connectivity index (χ3v) is 3.90. The number of ether oxygens (including phenoxy) is 1. The average molecular weight is 293 g/mol. The summed E-state index contributed by atoms with van der Waals surface area (Å²) in [7, 11) is 0. The van der Waals surface area contributed by atoms with E-state index in [2.05, 4.69) is 17.1 Å². The summed E-state index contributed by atoms with van der Waals surface area (Å²) < 4.78 is 5.75. The third kappa shape index (κ3) is 4.49. The Hall–Kier alpha value is -1.50. The van der Waals surface area contributed by atoms with Crippen LogP contribution in [-0.2, 0) is 4.74 Å². The molecule has 0 radical (unpaired) electrons. The van der Waals surface area contributed by atoms with Crippen LogP contribution < -0.4 is 5.32 Å². The number of morpholine rings is 1. The van der Waals surface area contributed by atoms with Gasteiger partial charge in [0.15, 0.2) is 0 Å². The number of rotatable bonds is 6. The van der Waals surface area contributed by atoms with Gasteiger partial charge in [0.25, 0.3) is 5.69 Å². The van der Waals surface area contributed by atoms with Gasteiger partial charge in [0, 0.05) is 37.8 Å². The van der Waals surface area contributed by atoms with E-state index in [1.165, 1.54) is 6.07 Å². The Bertz CT molecular complexity index is 481. The van der Waals surface area contributed by atoms with Crippen molar-refractivity contribution in [3.63, 3.8) is 0 Å². The number of nitro groups is 1. The van der Waals surface area contributed by atoms with Gasteiger partial charge in [0.05, 0.1) is 17.6 Å². The molecule has 0 aromatic heterocycles. The smallest absolute Gasteiger partial charge is 0.269 e. The van der Waals surface area contributed by atoms with Crippen LogP contribution in [-0.4, -0.2) is 48.7 Å². The van der Waals surface area contributed by atoms with E-state index in [9.17, 15) is 10.1 Å². The van der Waals surface area contributed by atoms with E-state index in [0.29, 0.717) is 0 Å². The predicted octanol–water partition coefficient (Wildman–Crippen LogP) is 1.97. The van der Waals surface area contributed by atoms with Crippen LogP contribution in [0.1, 0.15) is 25.5 Å². The first kappa shape index (κ1) is 15.9. The van der Waals surface area contributed by atoms with E-state index in [4.69, 9.17) is 4.74 Å². The van der Waals surface area contributed by atoms with Gasteiger partial charge in [0.1, 0.15) is 0 Å². The van der Waals surface area contributed by atoms with Gasteiger partial charge < -0.3 is 10.1 Å². The van der Waals surface area contributed by atoms with E-state index in [-0.39, 0.29) is 22.8 Å². The van der Waals surface area contributed by atoms with Crippen LogP contribution in [0.4, 0.5) is 5.69 Å². The molecule has 1 aromatic carbocycles. The van der Waals surface area contributed by atoms with Gasteiger partial charge in [-0.3, -0.25) is 15.0 Å².